The van der Waals surface area contributed by atoms with Crippen LogP contribution in [0.5, 0.6) is 0 Å². The minimum absolute atomic E-state index is 0.130. The van der Waals surface area contributed by atoms with Gasteiger partial charge >= 0.3 is 5.97 Å². The van der Waals surface area contributed by atoms with Gasteiger partial charge in [-0.25, -0.2) is 14.8 Å². The van der Waals surface area contributed by atoms with Crippen molar-refractivity contribution in [3.63, 3.8) is 0 Å². The fraction of sp³-hybridized carbons (Fsp3) is 0.292. The van der Waals surface area contributed by atoms with Gasteiger partial charge in [-0.1, -0.05) is 42.5 Å². The number of anilines is 2. The molecular formula is C48H46N8O5. The van der Waals surface area contributed by atoms with Crippen LogP contribution < -0.4 is 10.9 Å². The Balaban J connectivity index is 0.922. The van der Waals surface area contributed by atoms with Crippen LogP contribution in [0.25, 0.3) is 44.6 Å². The third-order valence-corrected chi connectivity index (χ3v) is 12.0. The van der Waals surface area contributed by atoms with Crippen LogP contribution in [0.2, 0.25) is 0 Å². The van der Waals surface area contributed by atoms with E-state index in [0.29, 0.717) is 50.4 Å². The van der Waals surface area contributed by atoms with Gasteiger partial charge in [0.2, 0.25) is 5.89 Å². The number of ether oxygens (including phenoxy) is 1. The SMILES string of the molecule is Cc1c(Nc2nccc3cc(CN4CC[C@@H](OC(=O)c5ccccc5)C4)cnc23)cccc1-c1cccc(-c2nc3c(=O)n(CCN4CCC(O)CC4)cc(C#N)c3o2)c1C. The number of aliphatic hydroxyl groups is 1. The number of hydrogen-bond acceptors (Lipinski definition) is 12. The molecule has 6 heterocycles. The lowest BCUT2D eigenvalue weighted by atomic mass is 9.93. The monoisotopic (exact) mass is 814 g/mol. The van der Waals surface area contributed by atoms with E-state index in [1.165, 1.54) is 0 Å². The summed E-state index contributed by atoms with van der Waals surface area (Å²) < 4.78 is 13.5. The van der Waals surface area contributed by atoms with E-state index >= 15 is 0 Å². The highest BCUT2D eigenvalue weighted by molar-refractivity contribution is 5.92. The molecule has 308 valence electrons. The minimum Gasteiger partial charge on any atom is -0.457 e. The number of hydrogen-bond donors (Lipinski definition) is 2. The number of rotatable bonds is 11. The van der Waals surface area contributed by atoms with Gasteiger partial charge in [-0.05, 0) is 97.3 Å². The smallest absolute Gasteiger partial charge is 0.338 e. The zero-order valence-electron chi connectivity index (χ0n) is 34.2. The number of pyridine rings is 3. The highest BCUT2D eigenvalue weighted by Crippen LogP contribution is 2.37. The molecule has 7 aromatic rings. The zero-order chi connectivity index (χ0) is 42.0. The molecule has 2 fully saturated rings. The second-order valence-corrected chi connectivity index (χ2v) is 16.0. The van der Waals surface area contributed by atoms with E-state index in [1.807, 2.05) is 61.7 Å². The van der Waals surface area contributed by atoms with Crippen molar-refractivity contribution in [1.82, 2.24) is 29.3 Å². The summed E-state index contributed by atoms with van der Waals surface area (Å²) in [7, 11) is 0. The number of nitriles is 1. The lowest BCUT2D eigenvalue weighted by molar-refractivity contribution is 0.0320. The summed E-state index contributed by atoms with van der Waals surface area (Å²) in [6, 6.07) is 27.4. The predicted octanol–water partition coefficient (Wildman–Crippen LogP) is 7.39. The summed E-state index contributed by atoms with van der Waals surface area (Å²) in [5.74, 6) is 0.631. The van der Waals surface area contributed by atoms with Gasteiger partial charge < -0.3 is 29.0 Å². The van der Waals surface area contributed by atoms with Crippen molar-refractivity contribution in [2.75, 3.05) is 38.0 Å². The Morgan fingerprint density at radius 2 is 1.66 bits per heavy atom. The molecule has 2 aliphatic heterocycles. The number of carbonyl (C=O) groups is 1. The Bertz CT molecular complexity index is 2860. The summed E-state index contributed by atoms with van der Waals surface area (Å²) in [5, 5.41) is 24.4. The lowest BCUT2D eigenvalue weighted by Crippen LogP contribution is -2.38. The van der Waals surface area contributed by atoms with Gasteiger partial charge in [-0.15, -0.1) is 0 Å². The molecule has 3 aromatic carbocycles. The number of piperidine rings is 1. The fourth-order valence-electron chi connectivity index (χ4n) is 8.53. The van der Waals surface area contributed by atoms with Crippen LogP contribution in [0.3, 0.4) is 0 Å². The highest BCUT2D eigenvalue weighted by Gasteiger charge is 2.27. The number of carbonyl (C=O) groups excluding carboxylic acids is 1. The van der Waals surface area contributed by atoms with Crippen LogP contribution >= 0.6 is 0 Å². The Hall–Kier alpha value is -6.72. The largest absolute Gasteiger partial charge is 0.457 e. The molecule has 0 spiro atoms. The molecule has 2 aliphatic rings. The topological polar surface area (TPSA) is 163 Å². The van der Waals surface area contributed by atoms with Crippen LogP contribution in [0.1, 0.15) is 51.9 Å². The molecule has 61 heavy (non-hydrogen) atoms. The summed E-state index contributed by atoms with van der Waals surface area (Å²) >= 11 is 0. The van der Waals surface area contributed by atoms with Gasteiger partial charge in [0.25, 0.3) is 5.56 Å². The average Bonchev–Trinajstić information content (AvgIpc) is 3.93. The molecule has 0 radical (unpaired) electrons. The zero-order valence-corrected chi connectivity index (χ0v) is 34.2. The van der Waals surface area contributed by atoms with E-state index in [1.54, 1.807) is 29.1 Å². The average molecular weight is 815 g/mol. The summed E-state index contributed by atoms with van der Waals surface area (Å²) in [5.41, 5.74) is 8.13. The maximum atomic E-state index is 13.7. The fourth-order valence-corrected chi connectivity index (χ4v) is 8.53. The van der Waals surface area contributed by atoms with Crippen LogP contribution in [0.4, 0.5) is 11.5 Å². The Morgan fingerprint density at radius 1 is 0.902 bits per heavy atom. The van der Waals surface area contributed by atoms with E-state index in [9.17, 15) is 20.0 Å². The van der Waals surface area contributed by atoms with Gasteiger partial charge in [-0.3, -0.25) is 14.7 Å². The molecule has 4 aromatic heterocycles. The van der Waals surface area contributed by atoms with E-state index in [-0.39, 0.29) is 46.3 Å². The van der Waals surface area contributed by atoms with Crippen LogP contribution in [0.15, 0.2) is 107 Å². The molecular weight excluding hydrogens is 769 g/mol. The molecule has 13 nitrogen and oxygen atoms in total. The molecule has 0 bridgehead atoms. The van der Waals surface area contributed by atoms with Gasteiger partial charge in [0.15, 0.2) is 16.9 Å². The van der Waals surface area contributed by atoms with Crippen molar-refractivity contribution in [3.8, 4) is 28.7 Å². The van der Waals surface area contributed by atoms with Gasteiger partial charge in [0.05, 0.1) is 11.7 Å². The van der Waals surface area contributed by atoms with E-state index in [2.05, 4.69) is 56.3 Å². The van der Waals surface area contributed by atoms with Crippen molar-refractivity contribution < 1.29 is 19.1 Å². The number of fused-ring (bicyclic) bond motifs is 2. The number of oxazole rings is 1. The maximum absolute atomic E-state index is 13.7. The number of nitrogens with one attached hydrogen (secondary N) is 1. The third kappa shape index (κ3) is 8.25. The first kappa shape index (κ1) is 39.7. The first-order valence-corrected chi connectivity index (χ1v) is 20.8. The van der Waals surface area contributed by atoms with Crippen molar-refractivity contribution in [1.29, 1.82) is 5.26 Å². The minimum atomic E-state index is -0.305. The van der Waals surface area contributed by atoms with Crippen molar-refractivity contribution >= 4 is 39.5 Å². The highest BCUT2D eigenvalue weighted by atomic mass is 16.5. The van der Waals surface area contributed by atoms with Crippen molar-refractivity contribution in [2.45, 2.75) is 58.4 Å². The maximum Gasteiger partial charge on any atom is 0.338 e. The predicted molar refractivity (Wildman–Crippen MR) is 233 cm³/mol. The van der Waals surface area contributed by atoms with Crippen molar-refractivity contribution in [2.24, 2.45) is 0 Å². The van der Waals surface area contributed by atoms with E-state index < -0.39 is 0 Å². The van der Waals surface area contributed by atoms with Gasteiger partial charge in [0, 0.05) is 81.0 Å². The molecule has 0 saturated carbocycles. The Morgan fingerprint density at radius 3 is 2.46 bits per heavy atom. The number of benzene rings is 3. The van der Waals surface area contributed by atoms with Crippen LogP contribution in [-0.2, 0) is 17.8 Å². The molecule has 0 amide bonds. The quantitative estimate of drug-likeness (QED) is 0.125. The van der Waals surface area contributed by atoms with Gasteiger partial charge in [-0.2, -0.15) is 5.26 Å². The van der Waals surface area contributed by atoms with Gasteiger partial charge in [0.1, 0.15) is 23.3 Å². The van der Waals surface area contributed by atoms with E-state index in [4.69, 9.17) is 14.1 Å². The van der Waals surface area contributed by atoms with Crippen molar-refractivity contribution in [3.05, 3.63) is 136 Å². The number of likely N-dealkylation sites (tertiary alicyclic amines) is 2. The molecule has 9 rings (SSSR count). The molecule has 2 N–H and O–H groups in total. The van der Waals surface area contributed by atoms with Crippen LogP contribution in [0, 0.1) is 25.2 Å². The molecule has 2 saturated heterocycles. The standard InChI is InChI=1S/C48H46N8O5/c1-30-38(10-6-12-40(30)46-53-43-44(61-46)35(25-49)28-56(47(43)58)23-22-54-19-15-36(57)16-20-54)39-11-7-13-41(31(39)2)52-45-42-34(14-18-50-45)24-32(26-51-42)27-55-21-17-37(29-55)60-48(59)33-8-4-3-5-9-33/h3-14,18,24,26,28,36-37,57H,15-17,19-23,27,29H2,1-2H3,(H,50,52)/t37-/m1/s1. The first-order chi connectivity index (χ1) is 29.7. The number of aromatic nitrogens is 4. The second kappa shape index (κ2) is 17.1. The molecule has 13 heteroatoms. The first-order valence-electron chi connectivity index (χ1n) is 20.8. The normalized spacial score (nSPS) is 16.3. The number of aliphatic hydroxyl groups excluding tert-OH is 1. The number of nitrogens with zero attached hydrogens (tertiary/aromatic N) is 7. The Kier molecular flexibility index (Phi) is 11.1. The molecule has 0 aliphatic carbocycles. The Labute approximate surface area is 352 Å². The summed E-state index contributed by atoms with van der Waals surface area (Å²) in [6.07, 6.45) is 7.02. The lowest BCUT2D eigenvalue weighted by Gasteiger charge is -2.29. The molecule has 1 atom stereocenters. The third-order valence-electron chi connectivity index (χ3n) is 12.0. The second-order valence-electron chi connectivity index (χ2n) is 16.0. The summed E-state index contributed by atoms with van der Waals surface area (Å²) in [4.78, 5) is 45.0. The number of esters is 1. The van der Waals surface area contributed by atoms with E-state index in [0.717, 1.165) is 76.0 Å². The molecule has 0 unspecified atom stereocenters. The summed E-state index contributed by atoms with van der Waals surface area (Å²) in [6.45, 7) is 8.83. The van der Waals surface area contributed by atoms with Crippen LogP contribution in [-0.4, -0.2) is 85.3 Å².